The highest BCUT2D eigenvalue weighted by Gasteiger charge is 2.17. The number of aromatic amines is 1. The van der Waals surface area contributed by atoms with Crippen molar-refractivity contribution >= 4 is 0 Å². The van der Waals surface area contributed by atoms with Gasteiger partial charge in [-0.2, -0.15) is 0 Å². The predicted molar refractivity (Wildman–Crippen MR) is 97.0 cm³/mol. The summed E-state index contributed by atoms with van der Waals surface area (Å²) in [5, 5.41) is 2.99. The summed E-state index contributed by atoms with van der Waals surface area (Å²) < 4.78 is 7.12. The zero-order chi connectivity index (χ0) is 16.9. The summed E-state index contributed by atoms with van der Waals surface area (Å²) in [6.07, 6.45) is 2.97. The fraction of sp³-hybridized carbons (Fsp3) is 0.250. The number of unbranched alkanes of at least 4 members (excludes halogenated alkanes) is 1. The summed E-state index contributed by atoms with van der Waals surface area (Å²) in [4.78, 5) is 12.6. The molecule has 0 aliphatic rings. The van der Waals surface area contributed by atoms with Crippen LogP contribution < -0.4 is 10.3 Å². The van der Waals surface area contributed by atoms with Crippen LogP contribution in [0.15, 0.2) is 59.4 Å². The second kappa shape index (κ2) is 7.21. The van der Waals surface area contributed by atoms with Crippen LogP contribution >= 0.6 is 0 Å². The Hall–Kier alpha value is -2.75. The lowest BCUT2D eigenvalue weighted by Crippen LogP contribution is -2.05. The molecule has 0 atom stereocenters. The quantitative estimate of drug-likeness (QED) is 0.740. The van der Waals surface area contributed by atoms with Gasteiger partial charge in [-0.05, 0) is 42.7 Å². The van der Waals surface area contributed by atoms with E-state index < -0.39 is 0 Å². The fourth-order valence-electron chi connectivity index (χ4n) is 2.90. The summed E-state index contributed by atoms with van der Waals surface area (Å²) in [6.45, 7) is 2.16. The molecule has 0 bridgehead atoms. The zero-order valence-corrected chi connectivity index (χ0v) is 14.1. The molecule has 0 aliphatic carbocycles. The molecule has 1 N–H and O–H groups in total. The van der Waals surface area contributed by atoms with Gasteiger partial charge in [0.05, 0.1) is 24.1 Å². The maximum absolute atomic E-state index is 12.6. The van der Waals surface area contributed by atoms with Crippen LogP contribution in [0.5, 0.6) is 5.75 Å². The van der Waals surface area contributed by atoms with Crippen molar-refractivity contribution in [1.82, 2.24) is 9.78 Å². The number of hydrogen-bond donors (Lipinski definition) is 1. The first-order valence-electron chi connectivity index (χ1n) is 8.28. The van der Waals surface area contributed by atoms with Gasteiger partial charge in [0.15, 0.2) is 0 Å². The Morgan fingerprint density at radius 3 is 2.38 bits per heavy atom. The number of nitrogens with zero attached hydrogens (tertiary/aromatic N) is 1. The van der Waals surface area contributed by atoms with E-state index in [2.05, 4.69) is 12.0 Å². The van der Waals surface area contributed by atoms with Gasteiger partial charge < -0.3 is 4.74 Å². The van der Waals surface area contributed by atoms with Crippen LogP contribution in [0.1, 0.15) is 25.5 Å². The van der Waals surface area contributed by atoms with Crippen molar-refractivity contribution in [2.24, 2.45) is 0 Å². The number of methoxy groups -OCH3 is 1. The number of H-pyrrole nitrogens is 1. The van der Waals surface area contributed by atoms with Gasteiger partial charge in [-0.25, -0.2) is 0 Å². The van der Waals surface area contributed by atoms with Crippen LogP contribution in [0.2, 0.25) is 0 Å². The van der Waals surface area contributed by atoms with Crippen molar-refractivity contribution in [2.75, 3.05) is 7.11 Å². The molecule has 0 unspecified atom stereocenters. The van der Waals surface area contributed by atoms with E-state index in [4.69, 9.17) is 4.74 Å². The lowest BCUT2D eigenvalue weighted by Gasteiger charge is -2.11. The molecule has 4 nitrogen and oxygen atoms in total. The third kappa shape index (κ3) is 3.13. The average molecular weight is 322 g/mol. The molecule has 1 heterocycles. The van der Waals surface area contributed by atoms with Crippen LogP contribution in [0.3, 0.4) is 0 Å². The molecule has 0 fully saturated rings. The predicted octanol–water partition coefficient (Wildman–Crippen LogP) is 4.18. The molecule has 0 saturated heterocycles. The zero-order valence-electron chi connectivity index (χ0n) is 14.1. The minimum absolute atomic E-state index is 0.0527. The van der Waals surface area contributed by atoms with Crippen molar-refractivity contribution < 1.29 is 4.74 Å². The molecule has 24 heavy (non-hydrogen) atoms. The van der Waals surface area contributed by atoms with E-state index in [9.17, 15) is 4.79 Å². The third-order valence-electron chi connectivity index (χ3n) is 4.16. The van der Waals surface area contributed by atoms with E-state index in [0.717, 1.165) is 47.5 Å². The van der Waals surface area contributed by atoms with Crippen molar-refractivity contribution in [2.45, 2.75) is 26.2 Å². The number of benzene rings is 2. The van der Waals surface area contributed by atoms with Gasteiger partial charge in [0.2, 0.25) is 0 Å². The van der Waals surface area contributed by atoms with Crippen LogP contribution in [-0.2, 0) is 6.42 Å². The molecule has 0 aliphatic heterocycles. The molecule has 124 valence electrons. The summed E-state index contributed by atoms with van der Waals surface area (Å²) in [5.74, 6) is 0.798. The summed E-state index contributed by atoms with van der Waals surface area (Å²) in [5.41, 5.74) is 3.62. The second-order valence-corrected chi connectivity index (χ2v) is 5.77. The molecule has 3 rings (SSSR count). The van der Waals surface area contributed by atoms with Crippen LogP contribution in [-0.4, -0.2) is 16.9 Å². The average Bonchev–Trinajstić information content (AvgIpc) is 2.97. The summed E-state index contributed by atoms with van der Waals surface area (Å²) in [6, 6.07) is 17.6. The smallest absolute Gasteiger partial charge is 0.272 e. The largest absolute Gasteiger partial charge is 0.497 e. The molecule has 0 spiro atoms. The third-order valence-corrected chi connectivity index (χ3v) is 4.16. The topological polar surface area (TPSA) is 47.0 Å². The van der Waals surface area contributed by atoms with Crippen LogP contribution in [0.25, 0.3) is 16.8 Å². The summed E-state index contributed by atoms with van der Waals surface area (Å²) in [7, 11) is 1.65. The van der Waals surface area contributed by atoms with Crippen molar-refractivity contribution in [1.29, 1.82) is 0 Å². The Bertz CT molecular complexity index is 846. The standard InChI is InChI=1S/C20H22N2O2/c1-3-4-10-18-19(15-8-6-5-7-9-15)20(23)21-22(18)16-11-13-17(24-2)14-12-16/h5-9,11-14H,3-4,10H2,1-2H3,(H,21,23). The number of aromatic nitrogens is 2. The van der Waals surface area contributed by atoms with Crippen LogP contribution in [0.4, 0.5) is 0 Å². The number of nitrogens with one attached hydrogen (secondary N) is 1. The Kier molecular flexibility index (Phi) is 4.85. The second-order valence-electron chi connectivity index (χ2n) is 5.77. The Morgan fingerprint density at radius 1 is 1.04 bits per heavy atom. The molecular weight excluding hydrogens is 300 g/mol. The van der Waals surface area contributed by atoms with E-state index >= 15 is 0 Å². The van der Waals surface area contributed by atoms with Crippen molar-refractivity contribution in [3.63, 3.8) is 0 Å². The summed E-state index contributed by atoms with van der Waals surface area (Å²) >= 11 is 0. The minimum atomic E-state index is -0.0527. The van der Waals surface area contributed by atoms with Gasteiger partial charge in [-0.1, -0.05) is 43.7 Å². The van der Waals surface area contributed by atoms with Gasteiger partial charge in [0.25, 0.3) is 5.56 Å². The highest BCUT2D eigenvalue weighted by molar-refractivity contribution is 5.66. The molecule has 0 radical (unpaired) electrons. The molecule has 0 saturated carbocycles. The van der Waals surface area contributed by atoms with Crippen molar-refractivity contribution in [3.05, 3.63) is 70.6 Å². The van der Waals surface area contributed by atoms with E-state index in [1.54, 1.807) is 7.11 Å². The SMILES string of the molecule is CCCCc1c(-c2ccccc2)c(=O)[nH]n1-c1ccc(OC)cc1. The Balaban J connectivity index is 2.13. The van der Waals surface area contributed by atoms with Gasteiger partial charge in [-0.15, -0.1) is 0 Å². The fourth-order valence-corrected chi connectivity index (χ4v) is 2.90. The Labute approximate surface area is 141 Å². The molecule has 0 amide bonds. The highest BCUT2D eigenvalue weighted by Crippen LogP contribution is 2.24. The first kappa shape index (κ1) is 16.1. The molecule has 3 aromatic rings. The van der Waals surface area contributed by atoms with E-state index in [-0.39, 0.29) is 5.56 Å². The van der Waals surface area contributed by atoms with Gasteiger partial charge in [0, 0.05) is 0 Å². The van der Waals surface area contributed by atoms with Gasteiger partial charge in [-0.3, -0.25) is 14.6 Å². The maximum Gasteiger partial charge on any atom is 0.272 e. The maximum atomic E-state index is 12.6. The van der Waals surface area contributed by atoms with Gasteiger partial charge in [0.1, 0.15) is 5.75 Å². The normalized spacial score (nSPS) is 10.8. The van der Waals surface area contributed by atoms with E-state index in [1.165, 1.54) is 0 Å². The first-order chi connectivity index (χ1) is 11.7. The Morgan fingerprint density at radius 2 is 1.75 bits per heavy atom. The number of hydrogen-bond acceptors (Lipinski definition) is 2. The molecule has 1 aromatic heterocycles. The van der Waals surface area contributed by atoms with E-state index in [1.807, 2.05) is 59.3 Å². The molecule has 4 heteroatoms. The lowest BCUT2D eigenvalue weighted by molar-refractivity contribution is 0.414. The van der Waals surface area contributed by atoms with E-state index in [0.29, 0.717) is 0 Å². The van der Waals surface area contributed by atoms with Crippen LogP contribution in [0, 0.1) is 0 Å². The lowest BCUT2D eigenvalue weighted by atomic mass is 10.0. The number of rotatable bonds is 6. The molecular formula is C20H22N2O2. The minimum Gasteiger partial charge on any atom is -0.497 e. The van der Waals surface area contributed by atoms with Crippen molar-refractivity contribution in [3.8, 4) is 22.6 Å². The first-order valence-corrected chi connectivity index (χ1v) is 8.28. The monoisotopic (exact) mass is 322 g/mol. The van der Waals surface area contributed by atoms with Gasteiger partial charge >= 0.3 is 0 Å². The number of ether oxygens (including phenoxy) is 1. The highest BCUT2D eigenvalue weighted by atomic mass is 16.5. The molecule has 2 aromatic carbocycles.